The molecule has 0 saturated carbocycles. The van der Waals surface area contributed by atoms with Crippen molar-refractivity contribution >= 4 is 29.9 Å². The number of amides is 1. The molecule has 1 aliphatic rings. The van der Waals surface area contributed by atoms with E-state index in [-0.39, 0.29) is 30.1 Å². The zero-order valence-corrected chi connectivity index (χ0v) is 16.8. The van der Waals surface area contributed by atoms with E-state index in [0.717, 1.165) is 37.4 Å². The first-order valence-electron chi connectivity index (χ1n) is 8.69. The highest BCUT2D eigenvalue weighted by molar-refractivity contribution is 6.32. The molecule has 8 heteroatoms. The number of rotatable bonds is 4. The molecule has 1 aromatic heterocycles. The molecule has 0 radical (unpaired) electrons. The zero-order chi connectivity index (χ0) is 18.0. The average molecular weight is 398 g/mol. The van der Waals surface area contributed by atoms with E-state index in [9.17, 15) is 4.79 Å². The molecule has 6 nitrogen and oxygen atoms in total. The van der Waals surface area contributed by atoms with Gasteiger partial charge in [0, 0.05) is 25.0 Å². The number of carbonyl (C=O) groups excluding carboxylic acids is 1. The summed E-state index contributed by atoms with van der Waals surface area (Å²) in [5, 5.41) is 8.35. The van der Waals surface area contributed by atoms with E-state index < -0.39 is 0 Å². The van der Waals surface area contributed by atoms with Crippen LogP contribution in [0.1, 0.15) is 49.1 Å². The first-order valence-corrected chi connectivity index (χ1v) is 9.07. The van der Waals surface area contributed by atoms with Gasteiger partial charge in [-0.15, -0.1) is 17.5 Å². The zero-order valence-electron chi connectivity index (χ0n) is 15.3. The van der Waals surface area contributed by atoms with Crippen LogP contribution < -0.4 is 5.32 Å². The van der Waals surface area contributed by atoms with Gasteiger partial charge in [-0.2, -0.15) is 0 Å². The number of halogens is 2. The van der Waals surface area contributed by atoms with Crippen molar-refractivity contribution in [1.82, 2.24) is 25.0 Å². The highest BCUT2D eigenvalue weighted by atomic mass is 35.5. The van der Waals surface area contributed by atoms with Crippen LogP contribution in [0.15, 0.2) is 24.3 Å². The first kappa shape index (κ1) is 20.7. The van der Waals surface area contributed by atoms with Crippen LogP contribution in [0.25, 0.3) is 5.69 Å². The van der Waals surface area contributed by atoms with Crippen LogP contribution in [0.4, 0.5) is 0 Å². The minimum absolute atomic E-state index is 0. The molecule has 3 rings (SSSR count). The maximum Gasteiger partial charge on any atom is 0.293 e. The lowest BCUT2D eigenvalue weighted by molar-refractivity contribution is 0.0695. The second-order valence-electron chi connectivity index (χ2n) is 6.67. The topological polar surface area (TPSA) is 63.1 Å². The third kappa shape index (κ3) is 4.19. The SMILES string of the molecule is CNC1CCN(C(=O)c2nc(C(C)C)n(-c3ccccc3Cl)n2)CC1.Cl. The number of benzene rings is 1. The molecule has 1 saturated heterocycles. The summed E-state index contributed by atoms with van der Waals surface area (Å²) in [5.74, 6) is 0.996. The van der Waals surface area contributed by atoms with Crippen LogP contribution >= 0.6 is 24.0 Å². The Balaban J connectivity index is 0.00000243. The first-order chi connectivity index (χ1) is 12.0. The van der Waals surface area contributed by atoms with E-state index in [1.54, 1.807) is 4.68 Å². The number of nitrogens with zero attached hydrogens (tertiary/aromatic N) is 4. The summed E-state index contributed by atoms with van der Waals surface area (Å²) in [6.45, 7) is 5.51. The van der Waals surface area contributed by atoms with Gasteiger partial charge in [-0.3, -0.25) is 4.79 Å². The highest BCUT2D eigenvalue weighted by Crippen LogP contribution is 2.24. The van der Waals surface area contributed by atoms with Crippen LogP contribution in [0, 0.1) is 0 Å². The highest BCUT2D eigenvalue weighted by Gasteiger charge is 2.27. The van der Waals surface area contributed by atoms with Gasteiger partial charge in [0.1, 0.15) is 5.82 Å². The summed E-state index contributed by atoms with van der Waals surface area (Å²) in [5.41, 5.74) is 0.744. The van der Waals surface area contributed by atoms with Gasteiger partial charge in [-0.1, -0.05) is 37.6 Å². The molecule has 0 bridgehead atoms. The Labute approximate surface area is 165 Å². The van der Waals surface area contributed by atoms with Crippen LogP contribution in [0.2, 0.25) is 5.02 Å². The Bertz CT molecular complexity index is 754. The van der Waals surface area contributed by atoms with Crippen molar-refractivity contribution in [1.29, 1.82) is 0 Å². The lowest BCUT2D eigenvalue weighted by atomic mass is 10.1. The lowest BCUT2D eigenvalue weighted by Gasteiger charge is -2.30. The van der Waals surface area contributed by atoms with Crippen molar-refractivity contribution in [3.63, 3.8) is 0 Å². The maximum absolute atomic E-state index is 12.8. The third-order valence-corrected chi connectivity index (χ3v) is 4.93. The molecule has 2 heterocycles. The summed E-state index contributed by atoms with van der Waals surface area (Å²) in [4.78, 5) is 19.2. The fourth-order valence-electron chi connectivity index (χ4n) is 3.10. The minimum Gasteiger partial charge on any atom is -0.336 e. The summed E-state index contributed by atoms with van der Waals surface area (Å²) in [6, 6.07) is 7.94. The van der Waals surface area contributed by atoms with Gasteiger partial charge in [-0.25, -0.2) is 9.67 Å². The number of hydrogen-bond donors (Lipinski definition) is 1. The van der Waals surface area contributed by atoms with Gasteiger partial charge in [0.25, 0.3) is 5.91 Å². The summed E-state index contributed by atoms with van der Waals surface area (Å²) < 4.78 is 1.70. The maximum atomic E-state index is 12.8. The second-order valence-corrected chi connectivity index (χ2v) is 7.07. The molecule has 0 aliphatic carbocycles. The molecule has 2 aromatic rings. The standard InChI is InChI=1S/C18H24ClN5O.ClH/c1-12(2)17-21-16(18(25)23-10-8-13(20-3)9-11-23)22-24(17)15-7-5-4-6-14(15)19;/h4-7,12-13,20H,8-11H2,1-3H3;1H. The molecule has 1 N–H and O–H groups in total. The Kier molecular flexibility index (Phi) is 7.03. The number of hydrogen-bond acceptors (Lipinski definition) is 4. The van der Waals surface area contributed by atoms with Gasteiger partial charge in [0.05, 0.1) is 10.7 Å². The van der Waals surface area contributed by atoms with E-state index >= 15 is 0 Å². The van der Waals surface area contributed by atoms with Gasteiger partial charge in [-0.05, 0) is 32.0 Å². The van der Waals surface area contributed by atoms with E-state index in [4.69, 9.17) is 11.6 Å². The third-order valence-electron chi connectivity index (χ3n) is 4.61. The van der Waals surface area contributed by atoms with E-state index in [1.165, 1.54) is 0 Å². The van der Waals surface area contributed by atoms with E-state index in [2.05, 4.69) is 15.4 Å². The fraction of sp³-hybridized carbons (Fsp3) is 0.500. The van der Waals surface area contributed by atoms with E-state index in [0.29, 0.717) is 11.1 Å². The summed E-state index contributed by atoms with van der Waals surface area (Å²) in [6.07, 6.45) is 1.90. The molecule has 1 aliphatic heterocycles. The molecular weight excluding hydrogens is 373 g/mol. The Morgan fingerprint density at radius 2 is 1.92 bits per heavy atom. The molecule has 1 amide bonds. The molecule has 0 spiro atoms. The number of aromatic nitrogens is 3. The molecular formula is C18H25Cl2N5O. The van der Waals surface area contributed by atoms with Gasteiger partial charge in [0.15, 0.2) is 0 Å². The van der Waals surface area contributed by atoms with Crippen LogP contribution in [0.3, 0.4) is 0 Å². The molecule has 0 atom stereocenters. The summed E-state index contributed by atoms with van der Waals surface area (Å²) in [7, 11) is 1.96. The smallest absolute Gasteiger partial charge is 0.293 e. The molecule has 1 fully saturated rings. The quantitative estimate of drug-likeness (QED) is 0.859. The number of piperidine rings is 1. The lowest BCUT2D eigenvalue weighted by Crippen LogP contribution is -2.44. The van der Waals surface area contributed by atoms with Crippen LogP contribution in [-0.4, -0.2) is 51.8 Å². The predicted molar refractivity (Wildman–Crippen MR) is 106 cm³/mol. The number of likely N-dealkylation sites (tertiary alicyclic amines) is 1. The van der Waals surface area contributed by atoms with Gasteiger partial charge >= 0.3 is 0 Å². The van der Waals surface area contributed by atoms with Crippen molar-refractivity contribution in [2.24, 2.45) is 0 Å². The Hall–Kier alpha value is -1.63. The molecule has 1 aromatic carbocycles. The van der Waals surface area contributed by atoms with Crippen molar-refractivity contribution in [3.05, 3.63) is 40.9 Å². The second kappa shape index (κ2) is 8.84. The number of carbonyl (C=O) groups is 1. The molecule has 26 heavy (non-hydrogen) atoms. The summed E-state index contributed by atoms with van der Waals surface area (Å²) >= 11 is 6.31. The van der Waals surface area contributed by atoms with Crippen molar-refractivity contribution in [2.45, 2.75) is 38.6 Å². The van der Waals surface area contributed by atoms with E-state index in [1.807, 2.05) is 50.1 Å². The van der Waals surface area contributed by atoms with Crippen LogP contribution in [-0.2, 0) is 0 Å². The fourth-order valence-corrected chi connectivity index (χ4v) is 3.32. The Morgan fingerprint density at radius 1 is 1.27 bits per heavy atom. The van der Waals surface area contributed by atoms with Gasteiger partial charge in [0.2, 0.25) is 5.82 Å². The Morgan fingerprint density at radius 3 is 2.50 bits per heavy atom. The molecule has 0 unspecified atom stereocenters. The van der Waals surface area contributed by atoms with Crippen molar-refractivity contribution in [3.8, 4) is 5.69 Å². The van der Waals surface area contributed by atoms with Gasteiger partial charge < -0.3 is 10.2 Å². The number of nitrogens with one attached hydrogen (secondary N) is 1. The predicted octanol–water partition coefficient (Wildman–Crippen LogP) is 3.29. The van der Waals surface area contributed by atoms with Crippen molar-refractivity contribution < 1.29 is 4.79 Å². The van der Waals surface area contributed by atoms with Crippen LogP contribution in [0.5, 0.6) is 0 Å². The minimum atomic E-state index is -0.109. The number of para-hydroxylation sites is 1. The monoisotopic (exact) mass is 397 g/mol. The van der Waals surface area contributed by atoms with Crippen molar-refractivity contribution in [2.75, 3.05) is 20.1 Å². The largest absolute Gasteiger partial charge is 0.336 e. The molecule has 142 valence electrons. The normalized spacial score (nSPS) is 15.2. The average Bonchev–Trinajstić information content (AvgIpc) is 3.07.